The van der Waals surface area contributed by atoms with Gasteiger partial charge in [-0.15, -0.1) is 0 Å². The van der Waals surface area contributed by atoms with Crippen molar-refractivity contribution < 1.29 is 19.1 Å². The van der Waals surface area contributed by atoms with E-state index in [4.69, 9.17) is 10.1 Å². The fourth-order valence-electron chi connectivity index (χ4n) is 4.31. The zero-order chi connectivity index (χ0) is 25.6. The molecule has 2 aliphatic rings. The van der Waals surface area contributed by atoms with Gasteiger partial charge >= 0.3 is 6.03 Å². The van der Waals surface area contributed by atoms with Gasteiger partial charge in [0, 0.05) is 30.6 Å². The predicted molar refractivity (Wildman–Crippen MR) is 135 cm³/mol. The lowest BCUT2D eigenvalue weighted by molar-refractivity contribution is -0.120. The van der Waals surface area contributed by atoms with Crippen molar-refractivity contribution >= 4 is 23.7 Å². The van der Waals surface area contributed by atoms with Crippen LogP contribution in [-0.2, 0) is 4.79 Å². The SMILES string of the molecule is Cc1cc(OCCCC2CCN(C(=O)NC(=N)C(C)(C)C)CC2)ccc1C(=O)N[C@H]1CCNC1=O. The van der Waals surface area contributed by atoms with Crippen molar-refractivity contribution in [3.8, 4) is 5.75 Å². The minimum atomic E-state index is -0.462. The molecule has 4 N–H and O–H groups in total. The average molecular weight is 486 g/mol. The number of ether oxygens (including phenoxy) is 1. The van der Waals surface area contributed by atoms with E-state index in [0.717, 1.165) is 37.0 Å². The molecule has 0 aromatic heterocycles. The number of urea groups is 1. The summed E-state index contributed by atoms with van der Waals surface area (Å²) in [5.74, 6) is 1.15. The summed E-state index contributed by atoms with van der Waals surface area (Å²) < 4.78 is 5.90. The molecule has 1 aromatic rings. The quantitative estimate of drug-likeness (QED) is 0.269. The molecular formula is C26H39N5O4. The fraction of sp³-hybridized carbons (Fsp3) is 0.615. The van der Waals surface area contributed by atoms with E-state index >= 15 is 0 Å². The summed E-state index contributed by atoms with van der Waals surface area (Å²) in [5, 5.41) is 16.2. The lowest BCUT2D eigenvalue weighted by atomic mass is 9.92. The van der Waals surface area contributed by atoms with E-state index < -0.39 is 6.04 Å². The predicted octanol–water partition coefficient (Wildman–Crippen LogP) is 3.22. The number of amidine groups is 1. The maximum atomic E-state index is 12.5. The van der Waals surface area contributed by atoms with Crippen LogP contribution in [0, 0.1) is 23.7 Å². The van der Waals surface area contributed by atoms with E-state index in [2.05, 4.69) is 16.0 Å². The first-order valence-corrected chi connectivity index (χ1v) is 12.5. The summed E-state index contributed by atoms with van der Waals surface area (Å²) in [5.41, 5.74) is 0.987. The van der Waals surface area contributed by atoms with Crippen LogP contribution in [0.5, 0.6) is 5.75 Å². The van der Waals surface area contributed by atoms with Crippen LogP contribution in [0.3, 0.4) is 0 Å². The Bertz CT molecular complexity index is 948. The largest absolute Gasteiger partial charge is 0.494 e. The molecule has 35 heavy (non-hydrogen) atoms. The van der Waals surface area contributed by atoms with Crippen molar-refractivity contribution in [3.05, 3.63) is 29.3 Å². The summed E-state index contributed by atoms with van der Waals surface area (Å²) >= 11 is 0. The van der Waals surface area contributed by atoms with Gasteiger partial charge in [0.25, 0.3) is 5.91 Å². The van der Waals surface area contributed by atoms with E-state index in [1.807, 2.05) is 33.8 Å². The number of likely N-dealkylation sites (tertiary alicyclic amines) is 1. The summed E-state index contributed by atoms with van der Waals surface area (Å²) in [6.07, 6.45) is 4.48. The van der Waals surface area contributed by atoms with Crippen molar-refractivity contribution in [2.45, 2.75) is 65.8 Å². The first-order chi connectivity index (χ1) is 16.5. The summed E-state index contributed by atoms with van der Waals surface area (Å²) in [6.45, 7) is 10.2. The fourth-order valence-corrected chi connectivity index (χ4v) is 4.31. The smallest absolute Gasteiger partial charge is 0.322 e. The van der Waals surface area contributed by atoms with Crippen LogP contribution in [0.2, 0.25) is 0 Å². The minimum Gasteiger partial charge on any atom is -0.494 e. The standard InChI is InChI=1S/C26H39N5O4/c1-17-16-19(7-8-20(17)22(32)29-21-9-12-28-23(21)33)35-15-5-6-18-10-13-31(14-11-18)25(34)30-24(27)26(2,3)4/h7-8,16,18,21H,5-6,9-15H2,1-4H3,(H,28,33)(H,29,32)(H2,27,30,34)/t21-/m0/s1. The molecule has 0 aliphatic carbocycles. The Hall–Kier alpha value is -3.10. The summed E-state index contributed by atoms with van der Waals surface area (Å²) in [7, 11) is 0. The Morgan fingerprint density at radius 3 is 2.51 bits per heavy atom. The highest BCUT2D eigenvalue weighted by molar-refractivity contribution is 5.99. The van der Waals surface area contributed by atoms with Crippen LogP contribution in [0.25, 0.3) is 0 Å². The summed E-state index contributed by atoms with van der Waals surface area (Å²) in [4.78, 5) is 38.4. The number of piperidine rings is 1. The third-order valence-corrected chi connectivity index (χ3v) is 6.71. The third kappa shape index (κ3) is 7.44. The minimum absolute atomic E-state index is 0.133. The molecule has 192 valence electrons. The van der Waals surface area contributed by atoms with Crippen LogP contribution in [0.4, 0.5) is 4.79 Å². The molecule has 2 heterocycles. The second-order valence-electron chi connectivity index (χ2n) is 10.6. The maximum absolute atomic E-state index is 12.5. The normalized spacial score (nSPS) is 18.7. The molecule has 2 saturated heterocycles. The average Bonchev–Trinajstić information content (AvgIpc) is 3.20. The lowest BCUT2D eigenvalue weighted by Gasteiger charge is -2.33. The first kappa shape index (κ1) is 26.5. The maximum Gasteiger partial charge on any atom is 0.322 e. The molecule has 2 fully saturated rings. The third-order valence-electron chi connectivity index (χ3n) is 6.71. The highest BCUT2D eigenvalue weighted by Gasteiger charge is 2.27. The van der Waals surface area contributed by atoms with Crippen molar-refractivity contribution in [2.75, 3.05) is 26.2 Å². The molecule has 0 spiro atoms. The number of benzene rings is 1. The van der Waals surface area contributed by atoms with Gasteiger partial charge in [-0.2, -0.15) is 0 Å². The van der Waals surface area contributed by atoms with Gasteiger partial charge in [0.2, 0.25) is 5.91 Å². The van der Waals surface area contributed by atoms with E-state index in [9.17, 15) is 14.4 Å². The molecule has 9 heteroatoms. The number of nitrogens with zero attached hydrogens (tertiary/aromatic N) is 1. The van der Waals surface area contributed by atoms with Crippen LogP contribution in [-0.4, -0.2) is 60.9 Å². The van der Waals surface area contributed by atoms with Gasteiger partial charge in [-0.05, 0) is 68.7 Å². The van der Waals surface area contributed by atoms with Crippen molar-refractivity contribution in [1.82, 2.24) is 20.9 Å². The molecule has 9 nitrogen and oxygen atoms in total. The Morgan fingerprint density at radius 2 is 1.91 bits per heavy atom. The van der Waals surface area contributed by atoms with E-state index in [0.29, 0.717) is 44.1 Å². The number of hydrogen-bond donors (Lipinski definition) is 4. The zero-order valence-corrected chi connectivity index (χ0v) is 21.3. The van der Waals surface area contributed by atoms with Crippen molar-refractivity contribution in [3.63, 3.8) is 0 Å². The van der Waals surface area contributed by atoms with Gasteiger partial charge in [0.15, 0.2) is 0 Å². The molecular weight excluding hydrogens is 446 g/mol. The van der Waals surface area contributed by atoms with Crippen molar-refractivity contribution in [1.29, 1.82) is 5.41 Å². The van der Waals surface area contributed by atoms with Crippen LogP contribution in [0.1, 0.15) is 68.8 Å². The molecule has 2 aliphatic heterocycles. The topological polar surface area (TPSA) is 124 Å². The highest BCUT2D eigenvalue weighted by Crippen LogP contribution is 2.23. The van der Waals surface area contributed by atoms with E-state index in [-0.39, 0.29) is 29.1 Å². The Kier molecular flexibility index (Phi) is 8.75. The number of aryl methyl sites for hydroxylation is 1. The second kappa shape index (κ2) is 11.6. The monoisotopic (exact) mass is 485 g/mol. The number of carbonyl (C=O) groups is 3. The van der Waals surface area contributed by atoms with Crippen LogP contribution >= 0.6 is 0 Å². The summed E-state index contributed by atoms with van der Waals surface area (Å²) in [6, 6.07) is 4.76. The molecule has 0 bridgehead atoms. The Balaban J connectivity index is 1.36. The molecule has 1 aromatic carbocycles. The van der Waals surface area contributed by atoms with E-state index in [1.54, 1.807) is 17.0 Å². The lowest BCUT2D eigenvalue weighted by Crippen LogP contribution is -2.48. The molecule has 1 atom stereocenters. The van der Waals surface area contributed by atoms with Gasteiger partial charge in [0.1, 0.15) is 17.6 Å². The number of rotatable bonds is 7. The van der Waals surface area contributed by atoms with Gasteiger partial charge in [0.05, 0.1) is 6.61 Å². The van der Waals surface area contributed by atoms with Gasteiger partial charge in [-0.3, -0.25) is 20.3 Å². The molecule has 3 rings (SSSR count). The first-order valence-electron chi connectivity index (χ1n) is 12.5. The number of amides is 4. The molecule has 0 radical (unpaired) electrons. The highest BCUT2D eigenvalue weighted by atomic mass is 16.5. The molecule has 0 unspecified atom stereocenters. The number of carbonyl (C=O) groups excluding carboxylic acids is 3. The van der Waals surface area contributed by atoms with Gasteiger partial charge in [-0.1, -0.05) is 20.8 Å². The Labute approximate surface area is 207 Å². The zero-order valence-electron chi connectivity index (χ0n) is 21.3. The van der Waals surface area contributed by atoms with Crippen LogP contribution in [0.15, 0.2) is 18.2 Å². The van der Waals surface area contributed by atoms with Crippen molar-refractivity contribution in [2.24, 2.45) is 11.3 Å². The Morgan fingerprint density at radius 1 is 1.20 bits per heavy atom. The number of hydrogen-bond acceptors (Lipinski definition) is 5. The second-order valence-corrected chi connectivity index (χ2v) is 10.6. The molecule has 4 amide bonds. The van der Waals surface area contributed by atoms with E-state index in [1.165, 1.54) is 0 Å². The van der Waals surface area contributed by atoms with Crippen LogP contribution < -0.4 is 20.7 Å². The molecule has 0 saturated carbocycles. The van der Waals surface area contributed by atoms with Gasteiger partial charge in [-0.25, -0.2) is 4.79 Å². The van der Waals surface area contributed by atoms with Gasteiger partial charge < -0.3 is 20.3 Å². The number of nitrogens with one attached hydrogen (secondary N) is 4.